The zero-order valence-corrected chi connectivity index (χ0v) is 14.9. The molecule has 130 valence electrons. The normalized spacial score (nSPS) is 11.5. The van der Waals surface area contributed by atoms with Gasteiger partial charge in [-0.25, -0.2) is 23.4 Å². The maximum Gasteiger partial charge on any atom is 0.263 e. The SMILES string of the molecule is COc1nccnc1NS(=O)(=O)c1ccc(N=C(NC#N)SC)cc1. The summed E-state index contributed by atoms with van der Waals surface area (Å²) < 4.78 is 32.2. The lowest BCUT2D eigenvalue weighted by atomic mass is 10.3. The topological polar surface area (TPSA) is 129 Å². The van der Waals surface area contributed by atoms with Crippen molar-refractivity contribution >= 4 is 38.5 Å². The van der Waals surface area contributed by atoms with Crippen LogP contribution in [-0.2, 0) is 10.0 Å². The third-order valence-electron chi connectivity index (χ3n) is 2.82. The van der Waals surface area contributed by atoms with Gasteiger partial charge in [0.25, 0.3) is 15.9 Å². The van der Waals surface area contributed by atoms with E-state index in [2.05, 4.69) is 25.0 Å². The smallest absolute Gasteiger partial charge is 0.263 e. The van der Waals surface area contributed by atoms with Crippen LogP contribution in [0, 0.1) is 11.5 Å². The van der Waals surface area contributed by atoms with E-state index in [0.29, 0.717) is 10.9 Å². The summed E-state index contributed by atoms with van der Waals surface area (Å²) >= 11 is 1.26. The van der Waals surface area contributed by atoms with Crippen molar-refractivity contribution in [3.8, 4) is 12.1 Å². The predicted molar refractivity (Wildman–Crippen MR) is 95.2 cm³/mol. The van der Waals surface area contributed by atoms with Crippen molar-refractivity contribution in [2.75, 3.05) is 18.1 Å². The first kappa shape index (κ1) is 18.5. The molecule has 0 aliphatic rings. The number of nitrogens with zero attached hydrogens (tertiary/aromatic N) is 4. The molecule has 0 aliphatic carbocycles. The van der Waals surface area contributed by atoms with Gasteiger partial charge in [0.1, 0.15) is 0 Å². The minimum atomic E-state index is -3.86. The van der Waals surface area contributed by atoms with E-state index in [9.17, 15) is 8.42 Å². The number of hydrogen-bond acceptors (Lipinski definition) is 8. The Morgan fingerprint density at radius 1 is 1.28 bits per heavy atom. The molecule has 25 heavy (non-hydrogen) atoms. The van der Waals surface area contributed by atoms with E-state index in [0.717, 1.165) is 0 Å². The van der Waals surface area contributed by atoms with E-state index in [1.807, 2.05) is 0 Å². The Hall–Kier alpha value is -2.84. The quantitative estimate of drug-likeness (QED) is 0.348. The van der Waals surface area contributed by atoms with Crippen molar-refractivity contribution in [3.63, 3.8) is 0 Å². The van der Waals surface area contributed by atoms with E-state index >= 15 is 0 Å². The fourth-order valence-corrected chi connectivity index (χ4v) is 3.07. The van der Waals surface area contributed by atoms with E-state index < -0.39 is 10.0 Å². The van der Waals surface area contributed by atoms with Gasteiger partial charge < -0.3 is 4.74 Å². The van der Waals surface area contributed by atoms with Gasteiger partial charge in [0, 0.05) is 12.4 Å². The van der Waals surface area contributed by atoms with Gasteiger partial charge in [-0.05, 0) is 30.5 Å². The minimum Gasteiger partial charge on any atom is -0.478 e. The van der Waals surface area contributed by atoms with Gasteiger partial charge in [0.15, 0.2) is 11.4 Å². The number of nitriles is 1. The predicted octanol–water partition coefficient (Wildman–Crippen LogP) is 1.71. The molecule has 1 aromatic carbocycles. The zero-order chi connectivity index (χ0) is 18.3. The molecule has 2 rings (SSSR count). The number of methoxy groups -OCH3 is 1. The second-order valence-electron chi connectivity index (χ2n) is 4.37. The largest absolute Gasteiger partial charge is 0.478 e. The molecule has 1 aromatic heterocycles. The zero-order valence-electron chi connectivity index (χ0n) is 13.3. The minimum absolute atomic E-state index is 0.00464. The molecule has 0 fully saturated rings. The standard InChI is InChI=1S/C14H14N6O3S2/c1-23-13-12(16-7-8-17-13)20-25(21,22)11-5-3-10(4-6-11)19-14(24-2)18-9-15/h3-8H,1-2H3,(H,16,20)(H,18,19). The molecule has 0 radical (unpaired) electrons. The molecule has 0 unspecified atom stereocenters. The Balaban J connectivity index is 2.25. The molecular weight excluding hydrogens is 364 g/mol. The average Bonchev–Trinajstić information content (AvgIpc) is 2.62. The van der Waals surface area contributed by atoms with Crippen molar-refractivity contribution in [2.45, 2.75) is 4.90 Å². The van der Waals surface area contributed by atoms with Crippen molar-refractivity contribution < 1.29 is 13.2 Å². The Kier molecular flexibility index (Phi) is 6.15. The number of benzene rings is 1. The summed E-state index contributed by atoms with van der Waals surface area (Å²) in [5.74, 6) is 0.0643. The average molecular weight is 378 g/mol. The number of hydrogen-bond donors (Lipinski definition) is 2. The summed E-state index contributed by atoms with van der Waals surface area (Å²) in [5, 5.41) is 11.4. The van der Waals surface area contributed by atoms with Crippen molar-refractivity contribution in [1.82, 2.24) is 15.3 Å². The van der Waals surface area contributed by atoms with Crippen LogP contribution in [0.15, 0.2) is 46.5 Å². The van der Waals surface area contributed by atoms with Crippen LogP contribution in [0.5, 0.6) is 5.88 Å². The summed E-state index contributed by atoms with van der Waals surface area (Å²) in [7, 11) is -2.49. The third-order valence-corrected chi connectivity index (χ3v) is 4.76. The van der Waals surface area contributed by atoms with E-state index in [4.69, 9.17) is 10.00 Å². The van der Waals surface area contributed by atoms with Crippen LogP contribution < -0.4 is 14.8 Å². The molecule has 2 aromatic rings. The van der Waals surface area contributed by atoms with Gasteiger partial charge in [-0.1, -0.05) is 11.8 Å². The molecule has 0 saturated heterocycles. The lowest BCUT2D eigenvalue weighted by molar-refractivity contribution is 0.398. The fraction of sp³-hybridized carbons (Fsp3) is 0.143. The summed E-state index contributed by atoms with van der Waals surface area (Å²) in [6.45, 7) is 0. The van der Waals surface area contributed by atoms with Crippen molar-refractivity contribution in [1.29, 1.82) is 5.26 Å². The second kappa shape index (κ2) is 8.32. The Morgan fingerprint density at radius 3 is 2.56 bits per heavy atom. The molecule has 0 saturated carbocycles. The summed E-state index contributed by atoms with van der Waals surface area (Å²) in [4.78, 5) is 12.0. The Morgan fingerprint density at radius 2 is 1.96 bits per heavy atom. The lowest BCUT2D eigenvalue weighted by Crippen LogP contribution is -2.15. The maximum absolute atomic E-state index is 12.4. The van der Waals surface area contributed by atoms with Gasteiger partial charge in [0.05, 0.1) is 17.7 Å². The molecule has 0 spiro atoms. The highest BCUT2D eigenvalue weighted by atomic mass is 32.2. The molecule has 1 heterocycles. The van der Waals surface area contributed by atoms with Crippen LogP contribution in [0.1, 0.15) is 0 Å². The van der Waals surface area contributed by atoms with Crippen LogP contribution in [0.3, 0.4) is 0 Å². The number of aliphatic imine (C=N–C) groups is 1. The van der Waals surface area contributed by atoms with Crippen molar-refractivity contribution in [3.05, 3.63) is 36.7 Å². The Labute approximate surface area is 149 Å². The number of ether oxygens (including phenoxy) is 1. The molecular formula is C14H14N6O3S2. The molecule has 0 amide bonds. The number of aromatic nitrogens is 2. The van der Waals surface area contributed by atoms with Crippen molar-refractivity contribution in [2.24, 2.45) is 4.99 Å². The molecule has 0 atom stereocenters. The number of amidine groups is 1. The molecule has 2 N–H and O–H groups in total. The van der Waals surface area contributed by atoms with Gasteiger partial charge >= 0.3 is 0 Å². The van der Waals surface area contributed by atoms with Gasteiger partial charge in [-0.3, -0.25) is 10.0 Å². The van der Waals surface area contributed by atoms with E-state index in [1.165, 1.54) is 55.5 Å². The lowest BCUT2D eigenvalue weighted by Gasteiger charge is -2.09. The summed E-state index contributed by atoms with van der Waals surface area (Å²) in [6, 6.07) is 5.85. The monoisotopic (exact) mass is 378 g/mol. The number of nitrogens with one attached hydrogen (secondary N) is 2. The molecule has 11 heteroatoms. The fourth-order valence-electron chi connectivity index (χ4n) is 1.72. The molecule has 0 bridgehead atoms. The van der Waals surface area contributed by atoms with Gasteiger partial charge in [-0.2, -0.15) is 5.26 Å². The first-order valence-electron chi connectivity index (χ1n) is 6.76. The van der Waals surface area contributed by atoms with E-state index in [-0.39, 0.29) is 16.6 Å². The summed E-state index contributed by atoms with van der Waals surface area (Å²) in [5.41, 5.74) is 0.503. The van der Waals surface area contributed by atoms with Crippen LogP contribution in [0.4, 0.5) is 11.5 Å². The van der Waals surface area contributed by atoms with E-state index in [1.54, 1.807) is 12.4 Å². The van der Waals surface area contributed by atoms with Crippen LogP contribution in [-0.4, -0.2) is 36.9 Å². The van der Waals surface area contributed by atoms with Crippen LogP contribution >= 0.6 is 11.8 Å². The number of anilines is 1. The third kappa shape index (κ3) is 4.82. The summed E-state index contributed by atoms with van der Waals surface area (Å²) in [6.07, 6.45) is 6.29. The van der Waals surface area contributed by atoms with Crippen LogP contribution in [0.2, 0.25) is 0 Å². The maximum atomic E-state index is 12.4. The van der Waals surface area contributed by atoms with Gasteiger partial charge in [0.2, 0.25) is 5.82 Å². The molecule has 9 nitrogen and oxygen atoms in total. The highest BCUT2D eigenvalue weighted by molar-refractivity contribution is 8.13. The number of rotatable bonds is 5. The van der Waals surface area contributed by atoms with Gasteiger partial charge in [-0.15, -0.1) is 0 Å². The first-order chi connectivity index (χ1) is 12.0. The number of thioether (sulfide) groups is 1. The molecule has 0 aliphatic heterocycles. The Bertz CT molecular complexity index is 907. The highest BCUT2D eigenvalue weighted by Gasteiger charge is 2.18. The second-order valence-corrected chi connectivity index (χ2v) is 6.85. The van der Waals surface area contributed by atoms with Crippen LogP contribution in [0.25, 0.3) is 0 Å². The first-order valence-corrected chi connectivity index (χ1v) is 9.46. The number of sulfonamides is 1. The highest BCUT2D eigenvalue weighted by Crippen LogP contribution is 2.23.